The predicted molar refractivity (Wildman–Crippen MR) is 239 cm³/mol. The van der Waals surface area contributed by atoms with E-state index in [1.54, 1.807) is 6.08 Å². The molecule has 11 heteroatoms. The molecule has 10 nitrogen and oxygen atoms in total. The van der Waals surface area contributed by atoms with Gasteiger partial charge < -0.3 is 25.2 Å². The number of hydrogen-bond acceptors (Lipinski definition) is 9. The Labute approximate surface area is 353 Å². The predicted octanol–water partition coefficient (Wildman–Crippen LogP) is 12.0. The number of carbonyl (C=O) groups is 2. The van der Waals surface area contributed by atoms with Crippen LogP contribution >= 0.6 is 7.82 Å². The van der Waals surface area contributed by atoms with E-state index in [1.807, 2.05) is 48.6 Å². The van der Waals surface area contributed by atoms with Crippen molar-refractivity contribution in [3.63, 3.8) is 0 Å². The normalized spacial score (nSPS) is 14.5. The molecule has 3 atom stereocenters. The molecule has 0 radical (unpaired) electrons. The van der Waals surface area contributed by atoms with Gasteiger partial charge in [-0.15, -0.1) is 0 Å². The van der Waals surface area contributed by atoms with Gasteiger partial charge in [0, 0.05) is 19.4 Å². The fourth-order valence-corrected chi connectivity index (χ4v) is 6.63. The molecule has 0 aromatic carbocycles. The lowest BCUT2D eigenvalue weighted by molar-refractivity contribution is -0.161. The molecule has 2 unspecified atom stereocenters. The molecule has 0 amide bonds. The molecule has 334 valence electrons. The van der Waals surface area contributed by atoms with Gasteiger partial charge in [0.25, 0.3) is 0 Å². The molecule has 0 bridgehead atoms. The zero-order valence-corrected chi connectivity index (χ0v) is 37.3. The van der Waals surface area contributed by atoms with Crippen LogP contribution in [0.15, 0.2) is 72.9 Å². The Bertz CT molecular complexity index is 1200. The maximum atomic E-state index is 12.6. The third-order valence-corrected chi connectivity index (χ3v) is 10.2. The number of carbonyl (C=O) groups excluding carboxylic acids is 2. The number of phosphoric ester groups is 1. The van der Waals surface area contributed by atoms with Crippen molar-refractivity contribution in [1.82, 2.24) is 0 Å². The van der Waals surface area contributed by atoms with Crippen LogP contribution in [0.5, 0.6) is 0 Å². The number of rotatable bonds is 41. The van der Waals surface area contributed by atoms with E-state index in [2.05, 4.69) is 32.1 Å². The summed E-state index contributed by atoms with van der Waals surface area (Å²) in [5.74, 6) is -0.948. The lowest BCUT2D eigenvalue weighted by atomic mass is 10.0. The number of ether oxygens (including phenoxy) is 2. The number of aliphatic hydroxyl groups excluding tert-OH is 1. The van der Waals surface area contributed by atoms with Crippen LogP contribution in [-0.4, -0.2) is 60.5 Å². The Balaban J connectivity index is 4.29. The zero-order chi connectivity index (χ0) is 42.6. The highest BCUT2D eigenvalue weighted by Gasteiger charge is 2.25. The van der Waals surface area contributed by atoms with Gasteiger partial charge in [-0.25, -0.2) is 4.57 Å². The average Bonchev–Trinajstić information content (AvgIpc) is 3.20. The van der Waals surface area contributed by atoms with Gasteiger partial charge in [-0.3, -0.25) is 18.6 Å². The second-order valence-electron chi connectivity index (χ2n) is 14.7. The van der Waals surface area contributed by atoms with Crippen molar-refractivity contribution in [2.45, 2.75) is 187 Å². The molecule has 0 saturated carbocycles. The van der Waals surface area contributed by atoms with E-state index in [0.717, 1.165) is 44.9 Å². The van der Waals surface area contributed by atoms with Crippen molar-refractivity contribution in [3.05, 3.63) is 72.9 Å². The summed E-state index contributed by atoms with van der Waals surface area (Å²) in [6, 6.07) is 0. The lowest BCUT2D eigenvalue weighted by Gasteiger charge is -2.19. The zero-order valence-electron chi connectivity index (χ0n) is 36.4. The summed E-state index contributed by atoms with van der Waals surface area (Å²) in [6.07, 6.45) is 48.5. The summed E-state index contributed by atoms with van der Waals surface area (Å²) in [7, 11) is -4.41. The van der Waals surface area contributed by atoms with Crippen molar-refractivity contribution < 1.29 is 42.7 Å². The number of unbranched alkanes of at least 4 members (excludes halogenated alkanes) is 16. The van der Waals surface area contributed by atoms with Crippen LogP contribution < -0.4 is 5.73 Å². The highest BCUT2D eigenvalue weighted by atomic mass is 31.2. The van der Waals surface area contributed by atoms with E-state index in [-0.39, 0.29) is 32.6 Å². The van der Waals surface area contributed by atoms with Crippen LogP contribution in [0.3, 0.4) is 0 Å². The number of allylic oxidation sites excluding steroid dienone is 10. The largest absolute Gasteiger partial charge is 0.472 e. The van der Waals surface area contributed by atoms with E-state index >= 15 is 0 Å². The Morgan fingerprint density at radius 2 is 1.16 bits per heavy atom. The molecule has 0 spiro atoms. The van der Waals surface area contributed by atoms with Crippen molar-refractivity contribution in [3.8, 4) is 0 Å². The first kappa shape index (κ1) is 55.4. The van der Waals surface area contributed by atoms with Crippen molar-refractivity contribution in [1.29, 1.82) is 0 Å². The van der Waals surface area contributed by atoms with Crippen molar-refractivity contribution >= 4 is 19.8 Å². The standard InChI is InChI=1S/C47H82NO9P/c1-3-5-7-8-9-10-11-12-13-14-15-18-21-24-27-30-34-38-46(50)54-42-45(43-56-58(52,53)55-41-40-48)57-47(51)39-35-31-28-25-22-19-16-17-20-23-26-29-33-37-44(49)36-32-6-4-2/h6,17,19-20,22,26,28-29,31-33,37,44-45,49H,3-5,7-16,18,21,23-25,27,30,34-36,38-43,48H2,1-2H3,(H,52,53)/b20-17-,22-19-,29-26+,31-28-,32-6-,37-33+/t44?,45-/m1/s1. The topological polar surface area (TPSA) is 155 Å². The Morgan fingerprint density at radius 3 is 1.71 bits per heavy atom. The molecule has 0 aromatic heterocycles. The first-order valence-electron chi connectivity index (χ1n) is 22.5. The van der Waals surface area contributed by atoms with Crippen LogP contribution in [0.4, 0.5) is 0 Å². The van der Waals surface area contributed by atoms with Crippen LogP contribution in [0.2, 0.25) is 0 Å². The van der Waals surface area contributed by atoms with Gasteiger partial charge in [0.15, 0.2) is 6.10 Å². The molecule has 0 aromatic rings. The van der Waals surface area contributed by atoms with Crippen molar-refractivity contribution in [2.24, 2.45) is 5.73 Å². The van der Waals surface area contributed by atoms with E-state index in [0.29, 0.717) is 12.8 Å². The van der Waals surface area contributed by atoms with E-state index in [9.17, 15) is 24.2 Å². The SMILES string of the molecule is CC/C=C\CC(O)/C=C/C=C/C/C=C\C/C=C\C/C=C\CCC(=O)O[C@H](COC(=O)CCCCCCCCCCCCCCCCCCC)COP(=O)(O)OCCN. The van der Waals surface area contributed by atoms with Crippen LogP contribution in [0.1, 0.15) is 174 Å². The molecular weight excluding hydrogens is 753 g/mol. The van der Waals surface area contributed by atoms with Crippen molar-refractivity contribution in [2.75, 3.05) is 26.4 Å². The number of hydrogen-bond donors (Lipinski definition) is 3. The maximum absolute atomic E-state index is 12.6. The summed E-state index contributed by atoms with van der Waals surface area (Å²) >= 11 is 0. The van der Waals surface area contributed by atoms with Crippen LogP contribution in [-0.2, 0) is 32.7 Å². The maximum Gasteiger partial charge on any atom is 0.472 e. The fourth-order valence-electron chi connectivity index (χ4n) is 5.86. The Morgan fingerprint density at radius 1 is 0.621 bits per heavy atom. The van der Waals surface area contributed by atoms with Gasteiger partial charge >= 0.3 is 19.8 Å². The third-order valence-electron chi connectivity index (χ3n) is 9.20. The number of nitrogens with two attached hydrogens (primary N) is 1. The molecule has 0 aliphatic heterocycles. The van der Waals surface area contributed by atoms with Gasteiger partial charge in [0.1, 0.15) is 6.61 Å². The second-order valence-corrected chi connectivity index (χ2v) is 16.2. The number of aliphatic hydroxyl groups is 1. The van der Waals surface area contributed by atoms with Gasteiger partial charge in [-0.05, 0) is 44.9 Å². The number of esters is 2. The summed E-state index contributed by atoms with van der Waals surface area (Å²) in [5, 5.41) is 9.84. The molecule has 58 heavy (non-hydrogen) atoms. The second kappa shape index (κ2) is 42.5. The van der Waals surface area contributed by atoms with Gasteiger partial charge in [0.05, 0.1) is 19.3 Å². The third kappa shape index (κ3) is 41.6. The first-order chi connectivity index (χ1) is 28.2. The quantitative estimate of drug-likeness (QED) is 0.0178. The lowest BCUT2D eigenvalue weighted by Crippen LogP contribution is -2.29. The summed E-state index contributed by atoms with van der Waals surface area (Å²) < 4.78 is 32.7. The fraction of sp³-hybridized carbons (Fsp3) is 0.702. The minimum absolute atomic E-state index is 0.0331. The van der Waals surface area contributed by atoms with Crippen LogP contribution in [0, 0.1) is 0 Å². The average molecular weight is 836 g/mol. The molecule has 0 aliphatic carbocycles. The monoisotopic (exact) mass is 836 g/mol. The Hall–Kier alpha value is -2.59. The number of phosphoric acid groups is 1. The smallest absolute Gasteiger partial charge is 0.462 e. The summed E-state index contributed by atoms with van der Waals surface area (Å²) in [5.41, 5.74) is 5.34. The van der Waals surface area contributed by atoms with Gasteiger partial charge in [-0.1, -0.05) is 189 Å². The highest BCUT2D eigenvalue weighted by Crippen LogP contribution is 2.43. The summed E-state index contributed by atoms with van der Waals surface area (Å²) in [6.45, 7) is 3.43. The van der Waals surface area contributed by atoms with E-state index < -0.39 is 38.6 Å². The molecule has 4 N–H and O–H groups in total. The van der Waals surface area contributed by atoms with Crippen LogP contribution in [0.25, 0.3) is 0 Å². The molecular formula is C47H82NO9P. The molecule has 0 heterocycles. The molecule has 0 saturated heterocycles. The molecule has 0 aliphatic rings. The Kier molecular flexibility index (Phi) is 40.6. The summed E-state index contributed by atoms with van der Waals surface area (Å²) in [4.78, 5) is 34.9. The highest BCUT2D eigenvalue weighted by molar-refractivity contribution is 7.47. The van der Waals surface area contributed by atoms with Gasteiger partial charge in [-0.2, -0.15) is 0 Å². The van der Waals surface area contributed by atoms with E-state index in [1.165, 1.54) is 89.9 Å². The minimum Gasteiger partial charge on any atom is -0.462 e. The molecule has 0 fully saturated rings. The first-order valence-corrected chi connectivity index (χ1v) is 24.0. The van der Waals surface area contributed by atoms with Gasteiger partial charge in [0.2, 0.25) is 0 Å². The van der Waals surface area contributed by atoms with E-state index in [4.69, 9.17) is 24.3 Å². The molecule has 0 rings (SSSR count). The minimum atomic E-state index is -4.41.